The van der Waals surface area contributed by atoms with Gasteiger partial charge in [-0.1, -0.05) is 290 Å². The van der Waals surface area contributed by atoms with Gasteiger partial charge in [0.1, 0.15) is 48.8 Å². The number of hydrogen-bond acceptors (Lipinski definition) is 13. The molecular weight excluding hydrogens is 991 g/mol. The highest BCUT2D eigenvalue weighted by molar-refractivity contribution is 5.76. The Hall–Kier alpha value is -1.01. The molecule has 9 N–H and O–H groups in total. The molecule has 0 aromatic rings. The predicted octanol–water partition coefficient (Wildman–Crippen LogP) is 12.5. The first kappa shape index (κ1) is 73.1. The largest absolute Gasteiger partial charge is 0.394 e. The van der Waals surface area contributed by atoms with Crippen molar-refractivity contribution >= 4 is 5.91 Å². The third-order valence-electron chi connectivity index (χ3n) is 16.8. The number of ether oxygens (including phenoxy) is 4. The molecule has 2 fully saturated rings. The third-order valence-corrected chi connectivity index (χ3v) is 16.8. The van der Waals surface area contributed by atoms with Crippen LogP contribution in [-0.4, -0.2) is 140 Å². The fraction of sp³-hybridized carbons (Fsp3) is 0.984. The topological polar surface area (TPSA) is 228 Å². The van der Waals surface area contributed by atoms with E-state index in [0.717, 1.165) is 51.4 Å². The van der Waals surface area contributed by atoms with Gasteiger partial charge in [-0.3, -0.25) is 4.79 Å². The van der Waals surface area contributed by atoms with Crippen molar-refractivity contribution in [1.82, 2.24) is 5.32 Å². The molecule has 0 saturated carbocycles. The first-order valence-corrected chi connectivity index (χ1v) is 33.3. The number of aliphatic hydroxyl groups excluding tert-OH is 8. The van der Waals surface area contributed by atoms with E-state index in [1.165, 1.54) is 231 Å². The van der Waals surface area contributed by atoms with Gasteiger partial charge < -0.3 is 65.1 Å². The lowest BCUT2D eigenvalue weighted by atomic mass is 9.97. The van der Waals surface area contributed by atoms with Gasteiger partial charge in [-0.15, -0.1) is 0 Å². The van der Waals surface area contributed by atoms with Gasteiger partial charge in [0, 0.05) is 6.42 Å². The zero-order chi connectivity index (χ0) is 56.7. The van der Waals surface area contributed by atoms with E-state index >= 15 is 0 Å². The summed E-state index contributed by atoms with van der Waals surface area (Å²) in [5, 5.41) is 87.1. The summed E-state index contributed by atoms with van der Waals surface area (Å²) in [5.74, 6) is -0.201. The van der Waals surface area contributed by atoms with Crippen LogP contribution < -0.4 is 5.32 Å². The van der Waals surface area contributed by atoms with E-state index in [2.05, 4.69) is 19.2 Å². The minimum absolute atomic E-state index is 0.201. The Morgan fingerprint density at radius 1 is 0.410 bits per heavy atom. The van der Waals surface area contributed by atoms with Crippen molar-refractivity contribution in [3.05, 3.63) is 0 Å². The van der Waals surface area contributed by atoms with Crippen molar-refractivity contribution in [1.29, 1.82) is 0 Å². The molecule has 464 valence electrons. The minimum atomic E-state index is -1.78. The van der Waals surface area contributed by atoms with E-state index in [0.29, 0.717) is 12.8 Å². The van der Waals surface area contributed by atoms with Crippen LogP contribution in [0.5, 0.6) is 0 Å². The average Bonchev–Trinajstić information content (AvgIpc) is 3.44. The summed E-state index contributed by atoms with van der Waals surface area (Å²) >= 11 is 0. The normalized spacial score (nSPS) is 24.4. The maximum atomic E-state index is 13.3. The van der Waals surface area contributed by atoms with Gasteiger partial charge in [-0.05, 0) is 12.8 Å². The van der Waals surface area contributed by atoms with Gasteiger partial charge in [-0.2, -0.15) is 0 Å². The summed E-state index contributed by atoms with van der Waals surface area (Å²) in [6, 6.07) is -0.821. The van der Waals surface area contributed by atoms with E-state index in [4.69, 9.17) is 18.9 Å². The third kappa shape index (κ3) is 35.2. The number of carbonyl (C=O) groups is 1. The first-order chi connectivity index (χ1) is 38.1. The smallest absolute Gasteiger partial charge is 0.220 e. The van der Waals surface area contributed by atoms with Gasteiger partial charge in [0.05, 0.1) is 32.0 Å². The molecule has 2 rings (SSSR count). The summed E-state index contributed by atoms with van der Waals surface area (Å²) in [6.45, 7) is 2.88. The number of carbonyl (C=O) groups excluding carboxylic acids is 1. The number of hydrogen-bond donors (Lipinski definition) is 9. The Labute approximate surface area is 476 Å². The molecule has 0 aromatic carbocycles. The molecule has 1 amide bonds. The Morgan fingerprint density at radius 2 is 0.731 bits per heavy atom. The van der Waals surface area contributed by atoms with Crippen molar-refractivity contribution in [3.8, 4) is 0 Å². The van der Waals surface area contributed by atoms with Crippen molar-refractivity contribution < 1.29 is 64.6 Å². The molecule has 78 heavy (non-hydrogen) atoms. The average molecular weight is 1120 g/mol. The molecule has 2 saturated heterocycles. The monoisotopic (exact) mass is 1120 g/mol. The molecular formula is C64H125NO13. The molecule has 0 bridgehead atoms. The summed E-state index contributed by atoms with van der Waals surface area (Å²) in [4.78, 5) is 13.3. The van der Waals surface area contributed by atoms with Gasteiger partial charge >= 0.3 is 0 Å². The van der Waals surface area contributed by atoms with E-state index in [1.807, 2.05) is 0 Å². The van der Waals surface area contributed by atoms with Crippen LogP contribution in [0.15, 0.2) is 0 Å². The highest BCUT2D eigenvalue weighted by atomic mass is 16.7. The minimum Gasteiger partial charge on any atom is -0.394 e. The molecule has 0 radical (unpaired) electrons. The maximum absolute atomic E-state index is 13.3. The molecule has 12 unspecified atom stereocenters. The molecule has 2 aliphatic heterocycles. The summed E-state index contributed by atoms with van der Waals surface area (Å²) in [6.07, 6.45) is 41.6. The molecule has 0 aliphatic carbocycles. The van der Waals surface area contributed by atoms with Crippen LogP contribution >= 0.6 is 0 Å². The summed E-state index contributed by atoms with van der Waals surface area (Å²) in [5.41, 5.74) is 0. The molecule has 2 aliphatic rings. The molecule has 2 heterocycles. The van der Waals surface area contributed by atoms with Crippen molar-refractivity contribution in [2.45, 2.75) is 383 Å². The fourth-order valence-corrected chi connectivity index (χ4v) is 11.5. The Balaban J connectivity index is 1.55. The van der Waals surface area contributed by atoms with Gasteiger partial charge in [-0.25, -0.2) is 0 Å². The van der Waals surface area contributed by atoms with Crippen molar-refractivity contribution in [2.24, 2.45) is 0 Å². The highest BCUT2D eigenvalue weighted by Gasteiger charge is 2.51. The standard InChI is InChI=1S/C64H125NO13/c1-3-5-7-9-11-13-15-16-17-18-19-20-21-22-23-24-25-26-27-28-29-30-31-32-33-34-35-36-37-38-40-42-44-46-48-56(69)65-52(53(68)47-45-43-41-39-14-12-10-8-6-4-2)51-75-63-61(74)59(72)62(55(50-67)77-63)78-64-60(73)58(71)57(70)54(49-66)76-64/h52-55,57-64,66-68,70-74H,3-51H2,1-2H3,(H,65,69). The second-order valence-electron chi connectivity index (χ2n) is 24.0. The summed E-state index contributed by atoms with van der Waals surface area (Å²) < 4.78 is 22.8. The lowest BCUT2D eigenvalue weighted by Crippen LogP contribution is -2.65. The SMILES string of the molecule is CCCCCCCCCCCCCCCCCCCCCCCCCCCCCCCCCCCCC(=O)NC(COC1OC(CO)C(OC2OC(CO)C(O)C(O)C2O)C(O)C1O)C(O)CCCCCCCCCCCC. The summed E-state index contributed by atoms with van der Waals surface area (Å²) in [7, 11) is 0. The quantitative estimate of drug-likeness (QED) is 0.0259. The van der Waals surface area contributed by atoms with Crippen LogP contribution in [0, 0.1) is 0 Å². The molecule has 14 heteroatoms. The lowest BCUT2D eigenvalue weighted by Gasteiger charge is -2.46. The molecule has 12 atom stereocenters. The van der Waals surface area contributed by atoms with E-state index < -0.39 is 86.8 Å². The van der Waals surface area contributed by atoms with Crippen LogP contribution in [0.1, 0.15) is 309 Å². The maximum Gasteiger partial charge on any atom is 0.220 e. The highest BCUT2D eigenvalue weighted by Crippen LogP contribution is 2.30. The molecule has 0 spiro atoms. The van der Waals surface area contributed by atoms with Crippen molar-refractivity contribution in [2.75, 3.05) is 19.8 Å². The van der Waals surface area contributed by atoms with Gasteiger partial charge in [0.25, 0.3) is 0 Å². The Morgan fingerprint density at radius 3 is 1.09 bits per heavy atom. The Bertz CT molecular complexity index is 1310. The van der Waals surface area contributed by atoms with E-state index in [9.17, 15) is 45.6 Å². The first-order valence-electron chi connectivity index (χ1n) is 33.3. The van der Waals surface area contributed by atoms with Crippen LogP contribution in [0.2, 0.25) is 0 Å². The molecule has 0 aromatic heterocycles. The molecule has 14 nitrogen and oxygen atoms in total. The van der Waals surface area contributed by atoms with Crippen LogP contribution in [0.25, 0.3) is 0 Å². The zero-order valence-corrected chi connectivity index (χ0v) is 50.2. The number of unbranched alkanes of at least 4 members (excludes halogenated alkanes) is 42. The predicted molar refractivity (Wildman–Crippen MR) is 314 cm³/mol. The van der Waals surface area contributed by atoms with Crippen molar-refractivity contribution in [3.63, 3.8) is 0 Å². The van der Waals surface area contributed by atoms with Crippen LogP contribution in [0.3, 0.4) is 0 Å². The number of nitrogens with one attached hydrogen (secondary N) is 1. The van der Waals surface area contributed by atoms with E-state index in [-0.39, 0.29) is 12.5 Å². The lowest BCUT2D eigenvalue weighted by molar-refractivity contribution is -0.359. The van der Waals surface area contributed by atoms with Gasteiger partial charge in [0.2, 0.25) is 5.91 Å². The number of rotatable bonds is 55. The number of aliphatic hydroxyl groups is 8. The second kappa shape index (κ2) is 50.5. The second-order valence-corrected chi connectivity index (χ2v) is 24.0. The van der Waals surface area contributed by atoms with Crippen LogP contribution in [0.4, 0.5) is 0 Å². The fourth-order valence-electron chi connectivity index (χ4n) is 11.5. The van der Waals surface area contributed by atoms with E-state index in [1.54, 1.807) is 0 Å². The number of amides is 1. The van der Waals surface area contributed by atoms with Crippen LogP contribution in [-0.2, 0) is 23.7 Å². The zero-order valence-electron chi connectivity index (χ0n) is 50.2. The Kier molecular flexibility index (Phi) is 47.3. The van der Waals surface area contributed by atoms with Gasteiger partial charge in [0.15, 0.2) is 12.6 Å².